The SMILES string of the molecule is CC(C)=CC(=O)OCC(=O)N1CCN(S(=O)(=O)c2ccc(F)c(Cl)c2)CC1. The van der Waals surface area contributed by atoms with Crippen LogP contribution in [0, 0.1) is 5.82 Å². The smallest absolute Gasteiger partial charge is 0.331 e. The van der Waals surface area contributed by atoms with Crippen LogP contribution in [0.25, 0.3) is 0 Å². The molecule has 0 aromatic heterocycles. The first-order valence-electron chi connectivity index (χ1n) is 8.16. The third-order valence-electron chi connectivity index (χ3n) is 3.86. The number of benzene rings is 1. The summed E-state index contributed by atoms with van der Waals surface area (Å²) in [6.07, 6.45) is 1.28. The average molecular weight is 419 g/mol. The van der Waals surface area contributed by atoms with Crippen molar-refractivity contribution in [1.82, 2.24) is 9.21 Å². The molecule has 27 heavy (non-hydrogen) atoms. The molecular weight excluding hydrogens is 399 g/mol. The molecule has 1 aliphatic heterocycles. The Bertz CT molecular complexity index is 860. The van der Waals surface area contributed by atoms with Gasteiger partial charge >= 0.3 is 5.97 Å². The van der Waals surface area contributed by atoms with Crippen molar-refractivity contribution < 1.29 is 27.1 Å². The molecule has 10 heteroatoms. The van der Waals surface area contributed by atoms with Crippen molar-refractivity contribution in [2.75, 3.05) is 32.8 Å². The van der Waals surface area contributed by atoms with Crippen molar-refractivity contribution in [2.24, 2.45) is 0 Å². The Morgan fingerprint density at radius 2 is 1.85 bits per heavy atom. The van der Waals surface area contributed by atoms with Gasteiger partial charge in [-0.15, -0.1) is 0 Å². The van der Waals surface area contributed by atoms with Gasteiger partial charge in [-0.1, -0.05) is 17.2 Å². The first-order chi connectivity index (χ1) is 12.6. The van der Waals surface area contributed by atoms with Crippen molar-refractivity contribution >= 4 is 33.5 Å². The highest BCUT2D eigenvalue weighted by Gasteiger charge is 2.30. The Hall–Kier alpha value is -1.97. The van der Waals surface area contributed by atoms with Gasteiger partial charge < -0.3 is 9.64 Å². The number of allylic oxidation sites excluding steroid dienone is 1. The zero-order chi connectivity index (χ0) is 20.2. The van der Waals surface area contributed by atoms with Crippen LogP contribution in [-0.2, 0) is 24.3 Å². The summed E-state index contributed by atoms with van der Waals surface area (Å²) in [6.45, 7) is 3.54. The number of halogens is 2. The lowest BCUT2D eigenvalue weighted by molar-refractivity contribution is -0.148. The minimum Gasteiger partial charge on any atom is -0.452 e. The van der Waals surface area contributed by atoms with E-state index >= 15 is 0 Å². The molecule has 1 aromatic carbocycles. The number of sulfonamides is 1. The normalized spacial score (nSPS) is 15.3. The minimum atomic E-state index is -3.84. The van der Waals surface area contributed by atoms with Crippen molar-refractivity contribution in [2.45, 2.75) is 18.7 Å². The van der Waals surface area contributed by atoms with E-state index in [0.29, 0.717) is 0 Å². The molecule has 1 heterocycles. The minimum absolute atomic E-state index is 0.0744. The Kier molecular flexibility index (Phi) is 6.96. The van der Waals surface area contributed by atoms with Crippen molar-refractivity contribution in [3.05, 3.63) is 40.7 Å². The summed E-state index contributed by atoms with van der Waals surface area (Å²) in [6, 6.07) is 3.21. The summed E-state index contributed by atoms with van der Waals surface area (Å²) in [4.78, 5) is 24.9. The zero-order valence-corrected chi connectivity index (χ0v) is 16.5. The number of hydrogen-bond acceptors (Lipinski definition) is 5. The van der Waals surface area contributed by atoms with E-state index in [0.717, 1.165) is 23.8 Å². The Balaban J connectivity index is 1.94. The summed E-state index contributed by atoms with van der Waals surface area (Å²) >= 11 is 5.66. The fourth-order valence-corrected chi connectivity index (χ4v) is 4.16. The van der Waals surface area contributed by atoms with E-state index in [1.54, 1.807) is 13.8 Å². The molecule has 0 aliphatic carbocycles. The molecule has 2 rings (SSSR count). The number of esters is 1. The second-order valence-electron chi connectivity index (χ2n) is 6.19. The largest absolute Gasteiger partial charge is 0.452 e. The van der Waals surface area contributed by atoms with Gasteiger partial charge in [0.15, 0.2) is 6.61 Å². The van der Waals surface area contributed by atoms with Crippen LogP contribution in [0.4, 0.5) is 4.39 Å². The molecule has 1 aromatic rings. The van der Waals surface area contributed by atoms with Gasteiger partial charge in [0.1, 0.15) is 5.82 Å². The van der Waals surface area contributed by atoms with Gasteiger partial charge in [-0.25, -0.2) is 17.6 Å². The molecule has 1 fully saturated rings. The van der Waals surface area contributed by atoms with E-state index in [4.69, 9.17) is 16.3 Å². The Morgan fingerprint density at radius 3 is 2.41 bits per heavy atom. The lowest BCUT2D eigenvalue weighted by Crippen LogP contribution is -2.51. The summed E-state index contributed by atoms with van der Waals surface area (Å²) in [7, 11) is -3.84. The molecular formula is C17H20ClFN2O5S. The van der Waals surface area contributed by atoms with Crippen LogP contribution >= 0.6 is 11.6 Å². The van der Waals surface area contributed by atoms with Crippen molar-refractivity contribution in [1.29, 1.82) is 0 Å². The maximum absolute atomic E-state index is 13.2. The van der Waals surface area contributed by atoms with Gasteiger partial charge in [0.05, 0.1) is 9.92 Å². The van der Waals surface area contributed by atoms with Gasteiger partial charge in [-0.3, -0.25) is 4.79 Å². The molecule has 0 radical (unpaired) electrons. The molecule has 1 amide bonds. The number of piperazine rings is 1. The highest BCUT2D eigenvalue weighted by atomic mass is 35.5. The fraction of sp³-hybridized carbons (Fsp3) is 0.412. The number of rotatable bonds is 5. The van der Waals surface area contributed by atoms with E-state index in [9.17, 15) is 22.4 Å². The topological polar surface area (TPSA) is 84.0 Å². The van der Waals surface area contributed by atoms with Crippen LogP contribution in [0.1, 0.15) is 13.8 Å². The van der Waals surface area contributed by atoms with E-state index in [1.807, 2.05) is 0 Å². The van der Waals surface area contributed by atoms with Crippen molar-refractivity contribution in [3.8, 4) is 0 Å². The lowest BCUT2D eigenvalue weighted by Gasteiger charge is -2.33. The maximum Gasteiger partial charge on any atom is 0.331 e. The number of ether oxygens (including phenoxy) is 1. The quantitative estimate of drug-likeness (QED) is 0.538. The molecule has 0 bridgehead atoms. The van der Waals surface area contributed by atoms with Crippen LogP contribution in [-0.4, -0.2) is 62.3 Å². The first kappa shape index (κ1) is 21.3. The first-order valence-corrected chi connectivity index (χ1v) is 9.97. The summed E-state index contributed by atoms with van der Waals surface area (Å²) < 4.78 is 44.5. The highest BCUT2D eigenvalue weighted by molar-refractivity contribution is 7.89. The number of hydrogen-bond donors (Lipinski definition) is 0. The Labute approximate surface area is 162 Å². The standard InChI is InChI=1S/C17H20ClFN2O5S/c1-12(2)9-17(23)26-11-16(22)20-5-7-21(8-6-20)27(24,25)13-3-4-15(19)14(18)10-13/h3-4,9-10H,5-8,11H2,1-2H3. The Morgan fingerprint density at radius 1 is 1.22 bits per heavy atom. The molecule has 7 nitrogen and oxygen atoms in total. The second kappa shape index (κ2) is 8.81. The number of nitrogens with zero attached hydrogens (tertiary/aromatic N) is 2. The molecule has 0 spiro atoms. The molecule has 1 aliphatic rings. The third-order valence-corrected chi connectivity index (χ3v) is 6.05. The molecule has 0 atom stereocenters. The average Bonchev–Trinajstić information content (AvgIpc) is 2.61. The van der Waals surface area contributed by atoms with E-state index in [-0.39, 0.29) is 36.1 Å². The van der Waals surface area contributed by atoms with Gasteiger partial charge in [0.2, 0.25) is 10.0 Å². The highest BCUT2D eigenvalue weighted by Crippen LogP contribution is 2.23. The van der Waals surface area contributed by atoms with Gasteiger partial charge in [-0.05, 0) is 32.0 Å². The van der Waals surface area contributed by atoms with E-state index < -0.39 is 34.3 Å². The van der Waals surface area contributed by atoms with Gasteiger partial charge in [-0.2, -0.15) is 4.31 Å². The summed E-state index contributed by atoms with van der Waals surface area (Å²) in [5.74, 6) is -1.70. The monoisotopic (exact) mass is 418 g/mol. The zero-order valence-electron chi connectivity index (χ0n) is 14.9. The molecule has 0 saturated carbocycles. The van der Waals surface area contributed by atoms with Crippen molar-refractivity contribution in [3.63, 3.8) is 0 Å². The molecule has 0 unspecified atom stereocenters. The van der Waals surface area contributed by atoms with Gasteiger partial charge in [0, 0.05) is 32.3 Å². The third kappa shape index (κ3) is 5.50. The predicted molar refractivity (Wildman–Crippen MR) is 97.1 cm³/mol. The van der Waals surface area contributed by atoms with Crippen LogP contribution < -0.4 is 0 Å². The molecule has 0 N–H and O–H groups in total. The van der Waals surface area contributed by atoms with Crippen LogP contribution in [0.15, 0.2) is 34.7 Å². The molecule has 148 valence electrons. The second-order valence-corrected chi connectivity index (χ2v) is 8.54. The number of carbonyl (C=O) groups excluding carboxylic acids is 2. The number of carbonyl (C=O) groups is 2. The summed E-state index contributed by atoms with van der Waals surface area (Å²) in [5, 5.41) is -0.275. The fourth-order valence-electron chi connectivity index (χ4n) is 2.47. The molecule has 1 saturated heterocycles. The predicted octanol–water partition coefficient (Wildman–Crippen LogP) is 1.82. The number of amides is 1. The van der Waals surface area contributed by atoms with Crippen LogP contribution in [0.3, 0.4) is 0 Å². The van der Waals surface area contributed by atoms with Crippen LogP contribution in [0.2, 0.25) is 5.02 Å². The maximum atomic E-state index is 13.2. The lowest BCUT2D eigenvalue weighted by atomic mass is 10.3. The van der Waals surface area contributed by atoms with E-state index in [1.165, 1.54) is 15.3 Å². The van der Waals surface area contributed by atoms with Crippen LogP contribution in [0.5, 0.6) is 0 Å². The summed E-state index contributed by atoms with van der Waals surface area (Å²) in [5.41, 5.74) is 0.757. The van der Waals surface area contributed by atoms with Gasteiger partial charge in [0.25, 0.3) is 5.91 Å². The van der Waals surface area contributed by atoms with E-state index in [2.05, 4.69) is 0 Å².